The minimum atomic E-state index is -4.68. The van der Waals surface area contributed by atoms with Gasteiger partial charge in [-0.3, -0.25) is 0 Å². The Hall–Kier alpha value is -1.76. The maximum Gasteiger partial charge on any atom is 0.416 e. The normalized spacial score (nSPS) is 11.8. The molecule has 8 heteroatoms. The van der Waals surface area contributed by atoms with Crippen molar-refractivity contribution < 1.29 is 26.3 Å². The van der Waals surface area contributed by atoms with Gasteiger partial charge < -0.3 is 0 Å². The molecule has 2 rings (SSSR count). The Bertz CT molecular complexity index is 641. The number of rotatable bonds is 1. The monoisotopic (exact) mass is 311 g/mol. The van der Waals surface area contributed by atoms with Crippen molar-refractivity contribution in [2.24, 2.45) is 0 Å². The highest BCUT2D eigenvalue weighted by atomic mass is 35.5. The van der Waals surface area contributed by atoms with Gasteiger partial charge in [0.25, 0.3) is 5.95 Å². The highest BCUT2D eigenvalue weighted by Gasteiger charge is 2.31. The van der Waals surface area contributed by atoms with Gasteiger partial charge in [0, 0.05) is 5.56 Å². The summed E-state index contributed by atoms with van der Waals surface area (Å²) in [5.74, 6) is -4.90. The van der Waals surface area contributed by atoms with E-state index in [1.807, 2.05) is 0 Å². The lowest BCUT2D eigenvalue weighted by atomic mass is 10.0. The molecule has 0 unspecified atom stereocenters. The maximum atomic E-state index is 13.6. The molecule has 1 aromatic carbocycles. The first-order valence-electron chi connectivity index (χ1n) is 5.09. The molecule has 1 heterocycles. The van der Waals surface area contributed by atoms with E-state index in [1.165, 1.54) is 0 Å². The number of pyridine rings is 1. The van der Waals surface area contributed by atoms with Gasteiger partial charge in [-0.2, -0.15) is 26.9 Å². The van der Waals surface area contributed by atoms with Gasteiger partial charge >= 0.3 is 6.18 Å². The van der Waals surface area contributed by atoms with Crippen molar-refractivity contribution in [3.05, 3.63) is 52.6 Å². The van der Waals surface area contributed by atoms with Gasteiger partial charge in [0.15, 0.2) is 5.82 Å². The molecule has 0 aliphatic heterocycles. The van der Waals surface area contributed by atoms with Crippen LogP contribution in [-0.2, 0) is 6.18 Å². The van der Waals surface area contributed by atoms with Crippen LogP contribution in [0.15, 0.2) is 24.3 Å². The van der Waals surface area contributed by atoms with Crippen LogP contribution in [0, 0.1) is 17.7 Å². The second kappa shape index (κ2) is 4.97. The number of hydrogen-bond donors (Lipinski definition) is 0. The number of nitrogens with zero attached hydrogens (tertiary/aromatic N) is 1. The van der Waals surface area contributed by atoms with E-state index in [0.29, 0.717) is 6.07 Å². The smallest absolute Gasteiger partial charge is 0.201 e. The molecule has 0 fully saturated rings. The average Bonchev–Trinajstić information content (AvgIpc) is 2.36. The minimum absolute atomic E-state index is 0.400. The zero-order chi connectivity index (χ0) is 15.1. The highest BCUT2D eigenvalue weighted by Crippen LogP contribution is 2.36. The topological polar surface area (TPSA) is 12.9 Å². The molecular weight excluding hydrogens is 308 g/mol. The third-order valence-electron chi connectivity index (χ3n) is 2.48. The van der Waals surface area contributed by atoms with Crippen molar-refractivity contribution in [3.63, 3.8) is 0 Å². The van der Waals surface area contributed by atoms with Crippen LogP contribution in [0.1, 0.15) is 5.56 Å². The molecule has 0 N–H and O–H groups in total. The summed E-state index contributed by atoms with van der Waals surface area (Å²) in [4.78, 5) is 2.57. The predicted octanol–water partition coefficient (Wildman–Crippen LogP) is 4.84. The molecule has 0 spiro atoms. The van der Waals surface area contributed by atoms with Crippen molar-refractivity contribution in [2.75, 3.05) is 0 Å². The summed E-state index contributed by atoms with van der Waals surface area (Å²) in [5.41, 5.74) is -2.30. The second-order valence-corrected chi connectivity index (χ2v) is 4.15. The van der Waals surface area contributed by atoms with Crippen molar-refractivity contribution in [3.8, 4) is 11.1 Å². The molecule has 0 radical (unpaired) electrons. The van der Waals surface area contributed by atoms with Crippen LogP contribution in [0.2, 0.25) is 5.02 Å². The van der Waals surface area contributed by atoms with E-state index in [-0.39, 0.29) is 0 Å². The van der Waals surface area contributed by atoms with Crippen molar-refractivity contribution in [1.82, 2.24) is 4.98 Å². The molecule has 0 atom stereocenters. The van der Waals surface area contributed by atoms with E-state index in [9.17, 15) is 26.3 Å². The third kappa shape index (κ3) is 2.58. The zero-order valence-electron chi connectivity index (χ0n) is 9.40. The molecule has 1 nitrogen and oxygen atoms in total. The fourth-order valence-corrected chi connectivity index (χ4v) is 1.83. The van der Waals surface area contributed by atoms with E-state index in [1.54, 1.807) is 0 Å². The number of benzene rings is 1. The molecule has 0 bridgehead atoms. The summed E-state index contributed by atoms with van der Waals surface area (Å²) in [5, 5.41) is -0.886. The lowest BCUT2D eigenvalue weighted by Crippen LogP contribution is -2.05. The van der Waals surface area contributed by atoms with Gasteiger partial charge in [-0.05, 0) is 17.7 Å². The molecule has 0 amide bonds. The number of aromatic nitrogens is 1. The van der Waals surface area contributed by atoms with E-state index < -0.39 is 45.6 Å². The largest absolute Gasteiger partial charge is 0.416 e. The van der Waals surface area contributed by atoms with Crippen LogP contribution in [0.5, 0.6) is 0 Å². The van der Waals surface area contributed by atoms with Gasteiger partial charge in [0.2, 0.25) is 5.95 Å². The fraction of sp³-hybridized carbons (Fsp3) is 0.0833. The van der Waals surface area contributed by atoms with Crippen molar-refractivity contribution in [2.45, 2.75) is 6.18 Å². The van der Waals surface area contributed by atoms with Crippen LogP contribution in [0.3, 0.4) is 0 Å². The maximum absolute atomic E-state index is 13.6. The molecule has 20 heavy (non-hydrogen) atoms. The van der Waals surface area contributed by atoms with E-state index in [0.717, 1.165) is 18.2 Å². The molecule has 106 valence electrons. The molecular formula is C12H4ClF6N. The number of hydrogen-bond acceptors (Lipinski definition) is 1. The Kier molecular flexibility index (Phi) is 3.64. The Labute approximate surface area is 113 Å². The average molecular weight is 312 g/mol. The first kappa shape index (κ1) is 14.6. The Morgan fingerprint density at radius 3 is 2.25 bits per heavy atom. The summed E-state index contributed by atoms with van der Waals surface area (Å²) in [6, 6.07) is 3.31. The van der Waals surface area contributed by atoms with Gasteiger partial charge in [0.1, 0.15) is 5.02 Å². The van der Waals surface area contributed by atoms with Gasteiger partial charge in [-0.15, -0.1) is 0 Å². The van der Waals surface area contributed by atoms with Crippen LogP contribution in [0.4, 0.5) is 26.3 Å². The lowest BCUT2D eigenvalue weighted by molar-refractivity contribution is -0.137. The molecule has 0 saturated carbocycles. The van der Waals surface area contributed by atoms with Crippen LogP contribution in [-0.4, -0.2) is 4.98 Å². The summed E-state index contributed by atoms with van der Waals surface area (Å²) in [7, 11) is 0. The molecule has 1 aromatic heterocycles. The summed E-state index contributed by atoms with van der Waals surface area (Å²) in [6.45, 7) is 0. The van der Waals surface area contributed by atoms with Gasteiger partial charge in [0.05, 0.1) is 5.56 Å². The number of halogens is 7. The molecule has 0 aliphatic carbocycles. The number of alkyl halides is 3. The summed E-state index contributed by atoms with van der Waals surface area (Å²) < 4.78 is 77.5. The third-order valence-corrected chi connectivity index (χ3v) is 2.82. The van der Waals surface area contributed by atoms with Crippen LogP contribution >= 0.6 is 11.6 Å². The summed E-state index contributed by atoms with van der Waals surface area (Å²) in [6.07, 6.45) is -4.68. The van der Waals surface area contributed by atoms with E-state index in [2.05, 4.69) is 4.98 Å². The van der Waals surface area contributed by atoms with Crippen molar-refractivity contribution >= 4 is 11.6 Å². The van der Waals surface area contributed by atoms with Crippen LogP contribution < -0.4 is 0 Å². The molecule has 0 saturated heterocycles. The van der Waals surface area contributed by atoms with Crippen LogP contribution in [0.25, 0.3) is 11.1 Å². The Balaban J connectivity index is 2.70. The van der Waals surface area contributed by atoms with E-state index in [4.69, 9.17) is 11.6 Å². The van der Waals surface area contributed by atoms with Crippen molar-refractivity contribution in [1.29, 1.82) is 0 Å². The SMILES string of the molecule is Fc1nc(F)c(Cl)c(-c2cccc(C(F)(F)F)c2)c1F. The fourth-order valence-electron chi connectivity index (χ4n) is 1.59. The predicted molar refractivity (Wildman–Crippen MR) is 59.6 cm³/mol. The lowest BCUT2D eigenvalue weighted by Gasteiger charge is -2.11. The van der Waals surface area contributed by atoms with Gasteiger partial charge in [-0.1, -0.05) is 23.7 Å². The molecule has 2 aromatic rings. The Morgan fingerprint density at radius 2 is 1.65 bits per heavy atom. The van der Waals surface area contributed by atoms with Gasteiger partial charge in [-0.25, -0.2) is 4.39 Å². The second-order valence-electron chi connectivity index (χ2n) is 3.77. The Morgan fingerprint density at radius 1 is 1.00 bits per heavy atom. The summed E-state index contributed by atoms with van der Waals surface area (Å²) >= 11 is 5.45. The minimum Gasteiger partial charge on any atom is -0.201 e. The molecule has 0 aliphatic rings. The standard InChI is InChI=1S/C12H4ClF6N/c13-8-7(9(14)11(16)20-10(8)15)5-2-1-3-6(4-5)12(17,18)19/h1-4H. The quantitative estimate of drug-likeness (QED) is 0.542. The first-order chi connectivity index (χ1) is 9.21. The first-order valence-corrected chi connectivity index (χ1v) is 5.47. The van der Waals surface area contributed by atoms with E-state index >= 15 is 0 Å². The highest BCUT2D eigenvalue weighted by molar-refractivity contribution is 6.33. The zero-order valence-corrected chi connectivity index (χ0v) is 10.2.